The van der Waals surface area contributed by atoms with Gasteiger partial charge < -0.3 is 15.1 Å². The molecule has 5 heteroatoms. The van der Waals surface area contributed by atoms with Crippen molar-refractivity contribution in [2.24, 2.45) is 0 Å². The van der Waals surface area contributed by atoms with E-state index in [2.05, 4.69) is 10.6 Å². The van der Waals surface area contributed by atoms with Crippen LogP contribution in [-0.4, -0.2) is 11.8 Å². The highest BCUT2D eigenvalue weighted by atomic mass is 16.3. The number of carbonyl (C=O) groups excluding carboxylic acids is 2. The average molecular weight is 348 g/mol. The Labute approximate surface area is 151 Å². The molecule has 0 bridgehead atoms. The zero-order chi connectivity index (χ0) is 18.1. The molecule has 132 valence electrons. The molecule has 1 aromatic heterocycles. The fourth-order valence-corrected chi connectivity index (χ4v) is 3.39. The van der Waals surface area contributed by atoms with Crippen molar-refractivity contribution in [2.75, 3.05) is 5.32 Å². The first-order chi connectivity index (χ1) is 12.6. The molecule has 3 aromatic rings. The van der Waals surface area contributed by atoms with Crippen LogP contribution in [0.3, 0.4) is 0 Å². The van der Waals surface area contributed by atoms with Gasteiger partial charge in [-0.25, -0.2) is 0 Å². The molecule has 1 heterocycles. The SMILES string of the molecule is CC(NC(=O)C(=O)Nc1ccc2c(c1)CCC2)c1cc2ccccc2o1. The van der Waals surface area contributed by atoms with Gasteiger partial charge in [0.2, 0.25) is 0 Å². The van der Waals surface area contributed by atoms with Crippen LogP contribution < -0.4 is 10.6 Å². The summed E-state index contributed by atoms with van der Waals surface area (Å²) in [5.41, 5.74) is 3.98. The standard InChI is InChI=1S/C21H20N2O3/c1-13(19-12-16-5-2-3-8-18(16)26-19)22-20(24)21(25)23-17-10-9-14-6-4-7-15(14)11-17/h2-3,5,8-13H,4,6-7H2,1H3,(H,22,24)(H,23,25). The van der Waals surface area contributed by atoms with E-state index in [0.717, 1.165) is 30.2 Å². The zero-order valence-electron chi connectivity index (χ0n) is 14.5. The van der Waals surface area contributed by atoms with Gasteiger partial charge in [-0.05, 0) is 61.6 Å². The van der Waals surface area contributed by atoms with Crippen LogP contribution in [0.25, 0.3) is 11.0 Å². The highest BCUT2D eigenvalue weighted by molar-refractivity contribution is 6.39. The molecule has 0 fully saturated rings. The Morgan fingerprint density at radius 3 is 2.65 bits per heavy atom. The predicted octanol–water partition coefficient (Wildman–Crippen LogP) is 3.74. The minimum atomic E-state index is -0.682. The van der Waals surface area contributed by atoms with E-state index in [4.69, 9.17) is 4.42 Å². The summed E-state index contributed by atoms with van der Waals surface area (Å²) < 4.78 is 5.73. The molecule has 5 nitrogen and oxygen atoms in total. The molecule has 1 unspecified atom stereocenters. The first-order valence-corrected chi connectivity index (χ1v) is 8.82. The molecule has 2 amide bonds. The van der Waals surface area contributed by atoms with Gasteiger partial charge in [-0.2, -0.15) is 0 Å². The maximum Gasteiger partial charge on any atom is 0.313 e. The molecule has 1 aliphatic carbocycles. The van der Waals surface area contributed by atoms with Crippen molar-refractivity contribution in [1.29, 1.82) is 0 Å². The summed E-state index contributed by atoms with van der Waals surface area (Å²) in [6.07, 6.45) is 3.25. The summed E-state index contributed by atoms with van der Waals surface area (Å²) in [6, 6.07) is 14.9. The molecule has 4 rings (SSSR count). The van der Waals surface area contributed by atoms with Gasteiger partial charge in [0.25, 0.3) is 0 Å². The fourth-order valence-electron chi connectivity index (χ4n) is 3.39. The van der Waals surface area contributed by atoms with Gasteiger partial charge in [-0.1, -0.05) is 24.3 Å². The van der Waals surface area contributed by atoms with E-state index in [1.54, 1.807) is 6.92 Å². The molecule has 0 spiro atoms. The highest BCUT2D eigenvalue weighted by Crippen LogP contribution is 2.25. The Kier molecular flexibility index (Phi) is 4.21. The molecule has 1 aliphatic rings. The lowest BCUT2D eigenvalue weighted by Gasteiger charge is -2.12. The first-order valence-electron chi connectivity index (χ1n) is 8.82. The number of anilines is 1. The van der Waals surface area contributed by atoms with Gasteiger partial charge in [0, 0.05) is 11.1 Å². The van der Waals surface area contributed by atoms with Crippen molar-refractivity contribution >= 4 is 28.5 Å². The summed E-state index contributed by atoms with van der Waals surface area (Å²) in [6.45, 7) is 1.79. The third-order valence-corrected chi connectivity index (χ3v) is 4.78. The Morgan fingerprint density at radius 2 is 1.81 bits per heavy atom. The van der Waals surface area contributed by atoms with Crippen LogP contribution >= 0.6 is 0 Å². The molecule has 2 aromatic carbocycles. The first kappa shape index (κ1) is 16.4. The summed E-state index contributed by atoms with van der Waals surface area (Å²) in [4.78, 5) is 24.4. The fraction of sp³-hybridized carbons (Fsp3) is 0.238. The number of fused-ring (bicyclic) bond motifs is 2. The largest absolute Gasteiger partial charge is 0.459 e. The number of rotatable bonds is 3. The summed E-state index contributed by atoms with van der Waals surface area (Å²) >= 11 is 0. The summed E-state index contributed by atoms with van der Waals surface area (Å²) in [5.74, 6) is -0.741. The normalized spacial score (nSPS) is 14.0. The number of aryl methyl sites for hydroxylation is 2. The average Bonchev–Trinajstić information content (AvgIpc) is 3.27. The number of nitrogens with one attached hydrogen (secondary N) is 2. The number of amides is 2. The smallest absolute Gasteiger partial charge is 0.313 e. The second-order valence-electron chi connectivity index (χ2n) is 6.67. The molecule has 0 radical (unpaired) electrons. The molecule has 0 saturated carbocycles. The Balaban J connectivity index is 1.41. The van der Waals surface area contributed by atoms with Crippen LogP contribution in [0.15, 0.2) is 52.9 Å². The zero-order valence-corrected chi connectivity index (χ0v) is 14.5. The van der Waals surface area contributed by atoms with Crippen LogP contribution in [0.4, 0.5) is 5.69 Å². The molecular formula is C21H20N2O3. The van der Waals surface area contributed by atoms with Crippen LogP contribution in [0, 0.1) is 0 Å². The van der Waals surface area contributed by atoms with Crippen LogP contribution in [0.2, 0.25) is 0 Å². The van der Waals surface area contributed by atoms with E-state index in [1.807, 2.05) is 48.5 Å². The summed E-state index contributed by atoms with van der Waals surface area (Å²) in [5, 5.41) is 6.32. The van der Waals surface area contributed by atoms with E-state index in [9.17, 15) is 9.59 Å². The molecule has 0 saturated heterocycles. The predicted molar refractivity (Wildman–Crippen MR) is 99.9 cm³/mol. The minimum Gasteiger partial charge on any atom is -0.459 e. The van der Waals surface area contributed by atoms with E-state index >= 15 is 0 Å². The quantitative estimate of drug-likeness (QED) is 0.708. The third-order valence-electron chi connectivity index (χ3n) is 4.78. The minimum absolute atomic E-state index is 0.402. The van der Waals surface area contributed by atoms with Gasteiger partial charge in [0.05, 0.1) is 6.04 Å². The van der Waals surface area contributed by atoms with Crippen molar-refractivity contribution in [2.45, 2.75) is 32.2 Å². The summed E-state index contributed by atoms with van der Waals surface area (Å²) in [7, 11) is 0. The Bertz CT molecular complexity index is 957. The van der Waals surface area contributed by atoms with Crippen molar-refractivity contribution in [3.8, 4) is 0 Å². The number of hydrogen-bond acceptors (Lipinski definition) is 3. The maximum atomic E-state index is 12.2. The van der Waals surface area contributed by atoms with Gasteiger partial charge in [-0.15, -0.1) is 0 Å². The lowest BCUT2D eigenvalue weighted by atomic mass is 10.1. The molecule has 2 N–H and O–H groups in total. The number of para-hydroxylation sites is 1. The van der Waals surface area contributed by atoms with Crippen molar-refractivity contribution in [1.82, 2.24) is 5.32 Å². The van der Waals surface area contributed by atoms with Gasteiger partial charge in [0.1, 0.15) is 11.3 Å². The monoisotopic (exact) mass is 348 g/mol. The number of furan rings is 1. The third kappa shape index (κ3) is 3.20. The topological polar surface area (TPSA) is 71.3 Å². The van der Waals surface area contributed by atoms with Crippen LogP contribution in [-0.2, 0) is 22.4 Å². The highest BCUT2D eigenvalue weighted by Gasteiger charge is 2.20. The molecular weight excluding hydrogens is 328 g/mol. The molecule has 26 heavy (non-hydrogen) atoms. The number of hydrogen-bond donors (Lipinski definition) is 2. The maximum absolute atomic E-state index is 12.2. The number of carbonyl (C=O) groups is 2. The van der Waals surface area contributed by atoms with E-state index in [-0.39, 0.29) is 0 Å². The molecule has 0 aliphatic heterocycles. The van der Waals surface area contributed by atoms with Crippen molar-refractivity contribution in [3.05, 3.63) is 65.4 Å². The van der Waals surface area contributed by atoms with Crippen molar-refractivity contribution < 1.29 is 14.0 Å². The van der Waals surface area contributed by atoms with Crippen LogP contribution in [0.1, 0.15) is 36.3 Å². The lowest BCUT2D eigenvalue weighted by molar-refractivity contribution is -0.136. The van der Waals surface area contributed by atoms with E-state index in [0.29, 0.717) is 11.4 Å². The van der Waals surface area contributed by atoms with Gasteiger partial charge in [0.15, 0.2) is 0 Å². The second kappa shape index (κ2) is 6.67. The van der Waals surface area contributed by atoms with Gasteiger partial charge in [-0.3, -0.25) is 9.59 Å². The number of benzene rings is 2. The second-order valence-corrected chi connectivity index (χ2v) is 6.67. The Hall–Kier alpha value is -3.08. The lowest BCUT2D eigenvalue weighted by Crippen LogP contribution is -2.36. The van der Waals surface area contributed by atoms with E-state index in [1.165, 1.54) is 11.1 Å². The van der Waals surface area contributed by atoms with Crippen molar-refractivity contribution in [3.63, 3.8) is 0 Å². The Morgan fingerprint density at radius 1 is 1.00 bits per heavy atom. The molecule has 1 atom stereocenters. The van der Waals surface area contributed by atoms with Gasteiger partial charge >= 0.3 is 11.8 Å². The van der Waals surface area contributed by atoms with E-state index < -0.39 is 17.9 Å². The van der Waals surface area contributed by atoms with Crippen LogP contribution in [0.5, 0.6) is 0 Å².